The molecule has 0 aliphatic heterocycles. The van der Waals surface area contributed by atoms with E-state index in [1.165, 1.54) is 0 Å². The largest absolute Gasteiger partial charge is 0.496 e. The summed E-state index contributed by atoms with van der Waals surface area (Å²) in [6.07, 6.45) is 0.443. The number of nitrogens with zero attached hydrogens (tertiary/aromatic N) is 1. The zero-order valence-corrected chi connectivity index (χ0v) is 31.3. The van der Waals surface area contributed by atoms with Crippen LogP contribution in [0.1, 0.15) is 61.0 Å². The molecule has 0 aromatic heterocycles. The molecule has 278 valence electrons. The van der Waals surface area contributed by atoms with Gasteiger partial charge in [0.15, 0.2) is 0 Å². The number of carbonyl (C=O) groups is 2. The Bertz CT molecular complexity index is 2170. The summed E-state index contributed by atoms with van der Waals surface area (Å²) < 4.78 is 29.2. The van der Waals surface area contributed by atoms with E-state index in [4.69, 9.17) is 12.2 Å². The van der Waals surface area contributed by atoms with Crippen LogP contribution in [0.3, 0.4) is 0 Å². The molecule has 0 atom stereocenters. The fraction of sp³-hybridized carbons (Fsp3) is 0.277. The highest BCUT2D eigenvalue weighted by Gasteiger charge is 2.19. The maximum atomic E-state index is 13.6. The number of methoxy groups -OCH3 is 1. The number of ether oxygens (including phenoxy) is 2. The Kier molecular flexibility index (Phi) is 12.7. The van der Waals surface area contributed by atoms with Gasteiger partial charge in [-0.1, -0.05) is 96.6 Å². The van der Waals surface area contributed by atoms with E-state index in [0.29, 0.717) is 75.5 Å². The molecule has 2 N–H and O–H groups in total. The zero-order valence-electron chi connectivity index (χ0n) is 33.3. The first kappa shape index (κ1) is 35.4. The summed E-state index contributed by atoms with van der Waals surface area (Å²) in [6.45, 7) is 4.55. The second-order valence-corrected chi connectivity index (χ2v) is 13.5. The summed E-state index contributed by atoms with van der Waals surface area (Å²) in [5, 5.41) is 10.6. The third kappa shape index (κ3) is 10.5. The van der Waals surface area contributed by atoms with Crippen LogP contribution in [0.5, 0.6) is 11.5 Å². The molecule has 0 fully saturated rings. The fourth-order valence-corrected chi connectivity index (χ4v) is 6.64. The van der Waals surface area contributed by atoms with Gasteiger partial charge in [0.05, 0.1) is 13.7 Å². The molecule has 6 rings (SSSR count). The third-order valence-corrected chi connectivity index (χ3v) is 9.53. The Morgan fingerprint density at radius 3 is 2.17 bits per heavy atom. The summed E-state index contributed by atoms with van der Waals surface area (Å²) in [5.41, 5.74) is 4.73. The van der Waals surface area contributed by atoms with Crippen molar-refractivity contribution in [1.29, 1.82) is 0 Å². The molecule has 0 spiro atoms. The number of rotatable bonds is 19. The van der Waals surface area contributed by atoms with Gasteiger partial charge < -0.3 is 25.0 Å². The van der Waals surface area contributed by atoms with Gasteiger partial charge in [-0.05, 0) is 109 Å². The predicted octanol–water partition coefficient (Wildman–Crippen LogP) is 9.04. The van der Waals surface area contributed by atoms with Crippen LogP contribution in [-0.2, 0) is 24.3 Å². The Labute approximate surface area is 322 Å². The zero-order chi connectivity index (χ0) is 39.3. The van der Waals surface area contributed by atoms with Crippen LogP contribution < -0.4 is 20.1 Å². The maximum absolute atomic E-state index is 13.6. The highest BCUT2D eigenvalue weighted by Crippen LogP contribution is 2.30. The van der Waals surface area contributed by atoms with Crippen LogP contribution in [0.15, 0.2) is 127 Å². The summed E-state index contributed by atoms with van der Waals surface area (Å²) >= 11 is 0. The lowest BCUT2D eigenvalue weighted by atomic mass is 9.94. The Morgan fingerprint density at radius 1 is 0.741 bits per heavy atom. The van der Waals surface area contributed by atoms with Gasteiger partial charge in [-0.3, -0.25) is 9.59 Å². The van der Waals surface area contributed by atoms with Gasteiger partial charge in [-0.25, -0.2) is 0 Å². The molecular formula is C47H51N3O4. The molecule has 6 aromatic rings. The average molecular weight is 724 g/mol. The minimum Gasteiger partial charge on any atom is -0.496 e. The number of hydrogen-bond acceptors (Lipinski definition) is 5. The van der Waals surface area contributed by atoms with Crippen LogP contribution >= 0.6 is 0 Å². The number of carbonyl (C=O) groups excluding carboxylic acids is 2. The Morgan fingerprint density at radius 2 is 1.44 bits per heavy atom. The number of amides is 2. The third-order valence-electron chi connectivity index (χ3n) is 9.53. The smallest absolute Gasteiger partial charge is 0.254 e. The van der Waals surface area contributed by atoms with Gasteiger partial charge in [0, 0.05) is 46.0 Å². The molecule has 7 nitrogen and oxygen atoms in total. The van der Waals surface area contributed by atoms with Gasteiger partial charge in [-0.15, -0.1) is 0 Å². The lowest BCUT2D eigenvalue weighted by Gasteiger charge is -2.24. The van der Waals surface area contributed by atoms with Crippen molar-refractivity contribution in [2.45, 2.75) is 52.1 Å². The lowest BCUT2D eigenvalue weighted by Crippen LogP contribution is -2.30. The highest BCUT2D eigenvalue weighted by molar-refractivity contribution is 6.02. The average Bonchev–Trinajstić information content (AvgIpc) is 3.21. The fourth-order valence-electron chi connectivity index (χ4n) is 6.64. The first-order valence-electron chi connectivity index (χ1n) is 19.8. The molecule has 54 heavy (non-hydrogen) atoms. The number of hydrogen-bond donors (Lipinski definition) is 2. The van der Waals surface area contributed by atoms with E-state index in [0.717, 1.165) is 43.8 Å². The maximum Gasteiger partial charge on any atom is 0.254 e. The van der Waals surface area contributed by atoms with Gasteiger partial charge in [0.2, 0.25) is 5.91 Å². The minimum absolute atomic E-state index is 0.0450. The quantitative estimate of drug-likeness (QED) is 0.0644. The van der Waals surface area contributed by atoms with Crippen LogP contribution in [0.4, 0.5) is 0 Å². The molecular weight excluding hydrogens is 671 g/mol. The van der Waals surface area contributed by atoms with Crippen molar-refractivity contribution in [2.75, 3.05) is 33.4 Å². The Balaban J connectivity index is 0.916. The molecule has 6 aromatic carbocycles. The highest BCUT2D eigenvalue weighted by atomic mass is 16.5. The van der Waals surface area contributed by atoms with E-state index in [-0.39, 0.29) is 18.4 Å². The molecule has 0 aliphatic carbocycles. The number of aryl methyl sites for hydroxylation is 2. The molecule has 2 amide bonds. The van der Waals surface area contributed by atoms with Crippen LogP contribution in [0.25, 0.3) is 21.5 Å². The monoisotopic (exact) mass is 723 g/mol. The normalized spacial score (nSPS) is 11.9. The van der Waals surface area contributed by atoms with Crippen molar-refractivity contribution in [1.82, 2.24) is 15.5 Å². The van der Waals surface area contributed by atoms with E-state index in [9.17, 15) is 9.59 Å². The number of nitrogens with one attached hydrogen (secondary N) is 2. The van der Waals surface area contributed by atoms with Crippen molar-refractivity contribution in [3.8, 4) is 11.5 Å². The number of fused-ring (bicyclic) bond motifs is 2. The van der Waals surface area contributed by atoms with Crippen LogP contribution in [0.2, 0.25) is 0 Å². The summed E-state index contributed by atoms with van der Waals surface area (Å²) in [6, 6.07) is 41.6. The SMILES string of the molecule is [2H]C([2H])(CNCCCNC(=O)CCCOc1ccc(CN(Cc2ccc(C)cc2)C(=O)c2ccccc2)c(OC)c1)Cc1c2ccccc2cc2ccccc12. The second kappa shape index (κ2) is 19.4. The topological polar surface area (TPSA) is 79.9 Å². The first-order valence-corrected chi connectivity index (χ1v) is 18.8. The molecule has 0 bridgehead atoms. The van der Waals surface area contributed by atoms with Crippen LogP contribution in [0, 0.1) is 6.92 Å². The first-order chi connectivity index (χ1) is 27.2. The Hall–Kier alpha value is -5.66. The molecule has 0 unspecified atom stereocenters. The van der Waals surface area contributed by atoms with Crippen molar-refractivity contribution >= 4 is 33.4 Å². The van der Waals surface area contributed by atoms with E-state index in [2.05, 4.69) is 53.1 Å². The molecule has 0 saturated carbocycles. The van der Waals surface area contributed by atoms with E-state index < -0.39 is 6.37 Å². The van der Waals surface area contributed by atoms with E-state index >= 15 is 0 Å². The lowest BCUT2D eigenvalue weighted by molar-refractivity contribution is -0.121. The molecule has 0 radical (unpaired) electrons. The van der Waals surface area contributed by atoms with E-state index in [1.807, 2.05) is 96.8 Å². The van der Waals surface area contributed by atoms with Gasteiger partial charge in [-0.2, -0.15) is 0 Å². The standard InChI is InChI=1S/C47H51N3O4/c1-35-21-23-36(24-22-35)33-50(47(52)37-13-4-3-5-14-37)34-40-25-26-41(32-45(40)53-2)54-30-11-20-46(51)49-29-12-28-48-27-10-19-44-42-17-8-6-15-38(42)31-39-16-7-9-18-43(39)44/h3-9,13-18,21-26,31-32,48H,10-12,19-20,27-30,33-34H2,1-2H3,(H,49,51)/i10D2. The summed E-state index contributed by atoms with van der Waals surface area (Å²) in [7, 11) is 1.61. The molecule has 0 heterocycles. The second-order valence-electron chi connectivity index (χ2n) is 13.5. The van der Waals surface area contributed by atoms with Crippen molar-refractivity contribution in [2.24, 2.45) is 0 Å². The van der Waals surface area contributed by atoms with Crippen molar-refractivity contribution in [3.63, 3.8) is 0 Å². The van der Waals surface area contributed by atoms with Gasteiger partial charge in [0.1, 0.15) is 11.5 Å². The van der Waals surface area contributed by atoms with Gasteiger partial charge >= 0.3 is 0 Å². The van der Waals surface area contributed by atoms with Crippen LogP contribution in [-0.4, -0.2) is 50.1 Å². The predicted molar refractivity (Wildman–Crippen MR) is 219 cm³/mol. The number of benzene rings is 6. The molecule has 7 heteroatoms. The summed E-state index contributed by atoms with van der Waals surface area (Å²) in [5.74, 6) is 1.15. The van der Waals surface area contributed by atoms with Gasteiger partial charge in [0.25, 0.3) is 5.91 Å². The minimum atomic E-state index is -1.44. The molecule has 0 aliphatic rings. The van der Waals surface area contributed by atoms with Crippen molar-refractivity contribution in [3.05, 3.63) is 155 Å². The van der Waals surface area contributed by atoms with Crippen molar-refractivity contribution < 1.29 is 21.8 Å². The van der Waals surface area contributed by atoms with E-state index in [1.54, 1.807) is 7.11 Å². The molecule has 0 saturated heterocycles. The summed E-state index contributed by atoms with van der Waals surface area (Å²) in [4.78, 5) is 27.9.